The van der Waals surface area contributed by atoms with Gasteiger partial charge < -0.3 is 0 Å². The molecule has 1 aliphatic heterocycles. The molecular weight excluding hydrogens is 236 g/mol. The van der Waals surface area contributed by atoms with Gasteiger partial charge >= 0.3 is 0 Å². The van der Waals surface area contributed by atoms with Crippen molar-refractivity contribution in [2.45, 2.75) is 31.4 Å². The zero-order valence-corrected chi connectivity index (χ0v) is 10.7. The van der Waals surface area contributed by atoms with Crippen LogP contribution in [0.25, 0.3) is 0 Å². The molecule has 1 aromatic rings. The first-order valence-corrected chi connectivity index (χ1v) is 7.55. The van der Waals surface area contributed by atoms with Crippen LogP contribution in [0.5, 0.6) is 0 Å². The molecule has 17 heavy (non-hydrogen) atoms. The Balaban J connectivity index is 2.31. The van der Waals surface area contributed by atoms with E-state index in [1.165, 1.54) is 0 Å². The van der Waals surface area contributed by atoms with Crippen molar-refractivity contribution in [3.63, 3.8) is 0 Å². The molecule has 1 unspecified atom stereocenters. The van der Waals surface area contributed by atoms with Crippen LogP contribution in [0.3, 0.4) is 0 Å². The molecule has 0 radical (unpaired) electrons. The summed E-state index contributed by atoms with van der Waals surface area (Å²) in [5, 5.41) is -0.821. The van der Waals surface area contributed by atoms with E-state index in [0.717, 1.165) is 12.0 Å². The van der Waals surface area contributed by atoms with Gasteiger partial charge in [0.15, 0.2) is 15.6 Å². The van der Waals surface area contributed by atoms with Gasteiger partial charge in [-0.15, -0.1) is 0 Å². The highest BCUT2D eigenvalue weighted by Gasteiger charge is 2.35. The van der Waals surface area contributed by atoms with Crippen LogP contribution in [0, 0.1) is 6.92 Å². The van der Waals surface area contributed by atoms with Crippen molar-refractivity contribution >= 4 is 15.6 Å². The van der Waals surface area contributed by atoms with E-state index in [2.05, 4.69) is 0 Å². The number of hydrogen-bond donors (Lipinski definition) is 0. The summed E-state index contributed by atoms with van der Waals surface area (Å²) in [5.41, 5.74) is 1.49. The number of Topliss-reactive ketones (excluding diaryl/α,β-unsaturated/α-hetero) is 1. The predicted octanol–water partition coefficient (Wildman–Crippen LogP) is 2.15. The van der Waals surface area contributed by atoms with E-state index >= 15 is 0 Å². The molecule has 2 rings (SSSR count). The molecule has 0 amide bonds. The summed E-state index contributed by atoms with van der Waals surface area (Å²) in [7, 11) is -3.23. The van der Waals surface area contributed by atoms with Gasteiger partial charge in [-0.05, 0) is 25.8 Å². The first-order valence-electron chi connectivity index (χ1n) is 5.83. The molecule has 0 aromatic heterocycles. The van der Waals surface area contributed by atoms with Crippen LogP contribution in [-0.4, -0.2) is 25.2 Å². The molecule has 1 atom stereocenters. The Morgan fingerprint density at radius 2 is 2.06 bits per heavy atom. The second-order valence-corrected chi connectivity index (χ2v) is 6.89. The fraction of sp³-hybridized carbons (Fsp3) is 0.462. The highest BCUT2D eigenvalue weighted by Crippen LogP contribution is 2.23. The maximum Gasteiger partial charge on any atom is 0.180 e. The average molecular weight is 252 g/mol. The number of benzene rings is 1. The molecule has 0 bridgehead atoms. The van der Waals surface area contributed by atoms with E-state index in [9.17, 15) is 13.2 Å². The minimum Gasteiger partial charge on any atom is -0.293 e. The molecule has 1 aromatic carbocycles. The lowest BCUT2D eigenvalue weighted by Gasteiger charge is -2.21. The van der Waals surface area contributed by atoms with Gasteiger partial charge in [0, 0.05) is 5.56 Å². The lowest BCUT2D eigenvalue weighted by Crippen LogP contribution is -2.35. The van der Waals surface area contributed by atoms with Gasteiger partial charge in [-0.1, -0.05) is 30.2 Å². The largest absolute Gasteiger partial charge is 0.293 e. The van der Waals surface area contributed by atoms with Gasteiger partial charge in [0.05, 0.1) is 5.75 Å². The van der Waals surface area contributed by atoms with Gasteiger partial charge in [-0.3, -0.25) is 4.79 Å². The molecular formula is C13H16O3S. The van der Waals surface area contributed by atoms with E-state index in [1.807, 2.05) is 13.0 Å². The number of rotatable bonds is 2. The third-order valence-corrected chi connectivity index (χ3v) is 5.35. The molecule has 0 N–H and O–H groups in total. The Morgan fingerprint density at radius 3 is 2.71 bits per heavy atom. The van der Waals surface area contributed by atoms with Crippen LogP contribution in [-0.2, 0) is 9.84 Å². The lowest BCUT2D eigenvalue weighted by molar-refractivity contribution is 0.0981. The second-order valence-electron chi connectivity index (χ2n) is 4.59. The Bertz CT molecular complexity index is 531. The minimum atomic E-state index is -3.23. The first kappa shape index (κ1) is 12.3. The zero-order valence-electron chi connectivity index (χ0n) is 9.85. The van der Waals surface area contributed by atoms with Gasteiger partial charge in [0.1, 0.15) is 5.25 Å². The Morgan fingerprint density at radius 1 is 1.29 bits per heavy atom. The summed E-state index contributed by atoms with van der Waals surface area (Å²) in [5.74, 6) is -0.0942. The highest BCUT2D eigenvalue weighted by atomic mass is 32.2. The van der Waals surface area contributed by atoms with Crippen molar-refractivity contribution in [2.75, 3.05) is 5.75 Å². The maximum atomic E-state index is 12.2. The van der Waals surface area contributed by atoms with Crippen molar-refractivity contribution in [1.82, 2.24) is 0 Å². The maximum absolute atomic E-state index is 12.2. The molecule has 1 fully saturated rings. The van der Waals surface area contributed by atoms with E-state index < -0.39 is 15.1 Å². The number of sulfone groups is 1. The van der Waals surface area contributed by atoms with E-state index in [-0.39, 0.29) is 11.5 Å². The molecule has 1 heterocycles. The van der Waals surface area contributed by atoms with E-state index in [4.69, 9.17) is 0 Å². The highest BCUT2D eigenvalue weighted by molar-refractivity contribution is 7.92. The number of carbonyl (C=O) groups is 1. The van der Waals surface area contributed by atoms with Crippen LogP contribution in [0.2, 0.25) is 0 Å². The predicted molar refractivity (Wildman–Crippen MR) is 66.9 cm³/mol. The second kappa shape index (κ2) is 4.61. The first-order chi connectivity index (χ1) is 8.00. The third-order valence-electron chi connectivity index (χ3n) is 3.17. The Kier molecular flexibility index (Phi) is 3.33. The van der Waals surface area contributed by atoms with Crippen LogP contribution in [0.1, 0.15) is 35.2 Å². The van der Waals surface area contributed by atoms with Crippen molar-refractivity contribution in [3.8, 4) is 0 Å². The number of ketones is 1. The summed E-state index contributed by atoms with van der Waals surface area (Å²) in [6, 6.07) is 7.14. The summed E-state index contributed by atoms with van der Waals surface area (Å²) >= 11 is 0. The standard InChI is InChI=1S/C13H16O3S/c1-10-5-4-6-11(9-10)13(14)12-7-2-3-8-17(12,15)16/h4-6,9,12H,2-3,7-8H2,1H3. The van der Waals surface area contributed by atoms with Crippen molar-refractivity contribution in [1.29, 1.82) is 0 Å². The minimum absolute atomic E-state index is 0.148. The van der Waals surface area contributed by atoms with Crippen LogP contribution in [0.15, 0.2) is 24.3 Å². The number of carbonyl (C=O) groups excluding carboxylic acids is 1. The van der Waals surface area contributed by atoms with E-state index in [1.54, 1.807) is 18.2 Å². The monoisotopic (exact) mass is 252 g/mol. The summed E-state index contributed by atoms with van der Waals surface area (Å²) < 4.78 is 23.7. The van der Waals surface area contributed by atoms with Crippen LogP contribution >= 0.6 is 0 Å². The topological polar surface area (TPSA) is 51.2 Å². The molecule has 92 valence electrons. The SMILES string of the molecule is Cc1cccc(C(=O)C2CCCCS2(=O)=O)c1. The smallest absolute Gasteiger partial charge is 0.180 e. The van der Waals surface area contributed by atoms with Crippen LogP contribution in [0.4, 0.5) is 0 Å². The van der Waals surface area contributed by atoms with Gasteiger partial charge in [-0.25, -0.2) is 8.42 Å². The zero-order chi connectivity index (χ0) is 12.5. The number of hydrogen-bond acceptors (Lipinski definition) is 3. The molecule has 1 saturated heterocycles. The molecule has 1 aliphatic rings. The van der Waals surface area contributed by atoms with Gasteiger partial charge in [-0.2, -0.15) is 0 Å². The normalized spacial score (nSPS) is 23.2. The molecule has 0 spiro atoms. The van der Waals surface area contributed by atoms with Gasteiger partial charge in [0.25, 0.3) is 0 Å². The summed E-state index contributed by atoms with van der Waals surface area (Å²) in [4.78, 5) is 12.2. The van der Waals surface area contributed by atoms with Crippen LogP contribution < -0.4 is 0 Å². The molecule has 0 saturated carbocycles. The third kappa shape index (κ3) is 2.57. The Hall–Kier alpha value is -1.16. The Labute approximate surface area is 102 Å². The fourth-order valence-corrected chi connectivity index (χ4v) is 4.11. The number of aryl methyl sites for hydroxylation is 1. The summed E-state index contributed by atoms with van der Waals surface area (Å²) in [6.45, 7) is 1.89. The van der Waals surface area contributed by atoms with Crippen molar-refractivity contribution in [3.05, 3.63) is 35.4 Å². The fourth-order valence-electron chi connectivity index (χ4n) is 2.23. The van der Waals surface area contributed by atoms with E-state index in [0.29, 0.717) is 18.4 Å². The molecule has 0 aliphatic carbocycles. The summed E-state index contributed by atoms with van der Waals surface area (Å²) in [6.07, 6.45) is 1.97. The molecule has 3 nitrogen and oxygen atoms in total. The average Bonchev–Trinajstić information content (AvgIpc) is 2.27. The lowest BCUT2D eigenvalue weighted by atomic mass is 10.0. The van der Waals surface area contributed by atoms with Crippen molar-refractivity contribution < 1.29 is 13.2 Å². The van der Waals surface area contributed by atoms with Gasteiger partial charge in [0.2, 0.25) is 0 Å². The van der Waals surface area contributed by atoms with Crippen molar-refractivity contribution in [2.24, 2.45) is 0 Å². The quantitative estimate of drug-likeness (QED) is 0.758. The molecule has 4 heteroatoms.